The summed E-state index contributed by atoms with van der Waals surface area (Å²) in [6.45, 7) is 1.77. The zero-order chi connectivity index (χ0) is 25.2. The third kappa shape index (κ3) is 5.31. The molecule has 11 nitrogen and oxygen atoms in total. The van der Waals surface area contributed by atoms with E-state index < -0.39 is 21.9 Å². The molecule has 0 saturated heterocycles. The highest BCUT2D eigenvalue weighted by atomic mass is 79.9. The van der Waals surface area contributed by atoms with Crippen molar-refractivity contribution in [2.45, 2.75) is 13.0 Å². The van der Waals surface area contributed by atoms with Gasteiger partial charge >= 0.3 is 0 Å². The molecule has 3 heterocycles. The molecule has 0 amide bonds. The van der Waals surface area contributed by atoms with Crippen molar-refractivity contribution in [3.05, 3.63) is 64.6 Å². The van der Waals surface area contributed by atoms with Crippen molar-refractivity contribution >= 4 is 31.9 Å². The average molecular weight is 564 g/mol. The highest BCUT2D eigenvalue weighted by Crippen LogP contribution is 2.38. The molecule has 1 unspecified atom stereocenters. The van der Waals surface area contributed by atoms with Gasteiger partial charge in [0.05, 0.1) is 19.9 Å². The van der Waals surface area contributed by atoms with Gasteiger partial charge in [-0.15, -0.1) is 10.2 Å². The van der Waals surface area contributed by atoms with E-state index in [1.54, 1.807) is 43.3 Å². The molecule has 1 aromatic carbocycles. The van der Waals surface area contributed by atoms with Crippen LogP contribution in [0.2, 0.25) is 0 Å². The first-order chi connectivity index (χ1) is 16.7. The van der Waals surface area contributed by atoms with Crippen molar-refractivity contribution in [1.29, 1.82) is 0 Å². The van der Waals surface area contributed by atoms with Gasteiger partial charge in [0.1, 0.15) is 34.8 Å². The topological polar surface area (TPSA) is 142 Å². The number of aliphatic hydroxyl groups is 1. The van der Waals surface area contributed by atoms with Gasteiger partial charge in [-0.3, -0.25) is 14.3 Å². The van der Waals surface area contributed by atoms with E-state index in [9.17, 15) is 13.5 Å². The Kier molecular flexibility index (Phi) is 7.10. The molecule has 3 aromatic heterocycles. The first-order valence-electron chi connectivity index (χ1n) is 10.3. The SMILES string of the molecule is COc1cccc(OC)c1-n1c(NS(=O)(=O)CC(O)c2ccc(Br)cn2)nnc1-c1ccc(C)o1. The second kappa shape index (κ2) is 10.1. The van der Waals surface area contributed by atoms with Gasteiger partial charge in [0.15, 0.2) is 5.76 Å². The van der Waals surface area contributed by atoms with Crippen molar-refractivity contribution in [2.75, 3.05) is 24.7 Å². The number of methoxy groups -OCH3 is 2. The van der Waals surface area contributed by atoms with Crippen LogP contribution in [0.1, 0.15) is 17.6 Å². The molecule has 0 aliphatic carbocycles. The smallest absolute Gasteiger partial charge is 0.243 e. The second-order valence-corrected chi connectivity index (χ2v) is 10.1. The molecule has 35 heavy (non-hydrogen) atoms. The summed E-state index contributed by atoms with van der Waals surface area (Å²) in [5.41, 5.74) is 0.567. The summed E-state index contributed by atoms with van der Waals surface area (Å²) in [4.78, 5) is 4.06. The number of anilines is 1. The van der Waals surface area contributed by atoms with Crippen LogP contribution in [0.5, 0.6) is 11.5 Å². The maximum absolute atomic E-state index is 13.0. The van der Waals surface area contributed by atoms with Crippen molar-refractivity contribution in [3.63, 3.8) is 0 Å². The van der Waals surface area contributed by atoms with E-state index in [1.807, 2.05) is 0 Å². The minimum atomic E-state index is -4.11. The lowest BCUT2D eigenvalue weighted by Gasteiger charge is -2.17. The summed E-state index contributed by atoms with van der Waals surface area (Å²) in [5, 5.41) is 18.7. The van der Waals surface area contributed by atoms with Crippen LogP contribution in [0.15, 0.2) is 57.6 Å². The van der Waals surface area contributed by atoms with E-state index in [2.05, 4.69) is 35.8 Å². The second-order valence-electron chi connectivity index (χ2n) is 7.40. The maximum Gasteiger partial charge on any atom is 0.243 e. The molecular formula is C22H22BrN5O6S. The predicted molar refractivity (Wildman–Crippen MR) is 131 cm³/mol. The third-order valence-corrected chi connectivity index (χ3v) is 6.68. The molecule has 0 aliphatic heterocycles. The number of ether oxygens (including phenoxy) is 2. The molecule has 1 atom stereocenters. The van der Waals surface area contributed by atoms with Gasteiger partial charge in [-0.05, 0) is 59.3 Å². The summed E-state index contributed by atoms with van der Waals surface area (Å²) in [5.74, 6) is 1.16. The molecule has 0 spiro atoms. The number of aryl methyl sites for hydroxylation is 1. The van der Waals surface area contributed by atoms with E-state index in [4.69, 9.17) is 13.9 Å². The lowest BCUT2D eigenvalue weighted by atomic mass is 10.2. The number of aromatic nitrogens is 4. The Bertz CT molecular complexity index is 1410. The molecule has 0 fully saturated rings. The van der Waals surface area contributed by atoms with Crippen LogP contribution in [0.4, 0.5) is 5.95 Å². The van der Waals surface area contributed by atoms with Crippen molar-refractivity contribution in [2.24, 2.45) is 0 Å². The Morgan fingerprint density at radius 1 is 1.11 bits per heavy atom. The Morgan fingerprint density at radius 3 is 2.40 bits per heavy atom. The number of nitrogens with zero attached hydrogens (tertiary/aromatic N) is 4. The number of halogens is 1. The van der Waals surface area contributed by atoms with Gasteiger partial charge in [0.25, 0.3) is 0 Å². The zero-order valence-electron chi connectivity index (χ0n) is 19.0. The zero-order valence-corrected chi connectivity index (χ0v) is 21.4. The fourth-order valence-electron chi connectivity index (χ4n) is 3.39. The predicted octanol–water partition coefficient (Wildman–Crippen LogP) is 3.49. The molecule has 4 aromatic rings. The standard InChI is InChI=1S/C22H22BrN5O6S/c1-13-7-10-19(34-13)21-25-26-22(28(21)20-17(32-2)5-4-6-18(20)33-3)27-35(30,31)12-16(29)15-9-8-14(23)11-24-15/h4-11,16,29H,12H2,1-3H3,(H,26,27). The van der Waals surface area contributed by atoms with Gasteiger partial charge < -0.3 is 19.0 Å². The van der Waals surface area contributed by atoms with Gasteiger partial charge in [-0.1, -0.05) is 6.07 Å². The van der Waals surface area contributed by atoms with Crippen LogP contribution in [-0.4, -0.2) is 53.2 Å². The van der Waals surface area contributed by atoms with E-state index >= 15 is 0 Å². The van der Waals surface area contributed by atoms with Crippen molar-refractivity contribution in [3.8, 4) is 28.8 Å². The van der Waals surface area contributed by atoms with Gasteiger partial charge in [-0.25, -0.2) is 8.42 Å². The average Bonchev–Trinajstić information content (AvgIpc) is 3.43. The number of pyridine rings is 1. The number of sulfonamides is 1. The number of hydrogen-bond donors (Lipinski definition) is 2. The summed E-state index contributed by atoms with van der Waals surface area (Å²) < 4.78 is 47.3. The van der Waals surface area contributed by atoms with Gasteiger partial charge in [0, 0.05) is 10.7 Å². The normalized spacial score (nSPS) is 12.4. The minimum Gasteiger partial charge on any atom is -0.494 e. The highest BCUT2D eigenvalue weighted by molar-refractivity contribution is 9.10. The van der Waals surface area contributed by atoms with E-state index in [0.717, 1.165) is 0 Å². The van der Waals surface area contributed by atoms with Gasteiger partial charge in [-0.2, -0.15) is 0 Å². The minimum absolute atomic E-state index is 0.146. The summed E-state index contributed by atoms with van der Waals surface area (Å²) >= 11 is 3.26. The number of hydrogen-bond acceptors (Lipinski definition) is 9. The molecular weight excluding hydrogens is 542 g/mol. The quantitative estimate of drug-likeness (QED) is 0.313. The van der Waals surface area contributed by atoms with Crippen LogP contribution in [0.25, 0.3) is 17.3 Å². The Balaban J connectivity index is 1.77. The Labute approximate surface area is 209 Å². The highest BCUT2D eigenvalue weighted by Gasteiger charge is 2.28. The Hall–Kier alpha value is -3.42. The summed E-state index contributed by atoms with van der Waals surface area (Å²) in [7, 11) is -1.16. The number of benzene rings is 1. The number of furan rings is 1. The molecule has 0 bridgehead atoms. The molecule has 0 aliphatic rings. The number of aliphatic hydroxyl groups excluding tert-OH is 1. The van der Waals surface area contributed by atoms with Crippen molar-refractivity contribution in [1.82, 2.24) is 19.7 Å². The summed E-state index contributed by atoms with van der Waals surface area (Å²) in [6, 6.07) is 11.7. The molecule has 0 radical (unpaired) electrons. The first kappa shape index (κ1) is 24.7. The van der Waals surface area contributed by atoms with Crippen molar-refractivity contribution < 1.29 is 27.4 Å². The molecule has 2 N–H and O–H groups in total. The molecule has 184 valence electrons. The monoisotopic (exact) mass is 563 g/mol. The lowest BCUT2D eigenvalue weighted by molar-refractivity contribution is 0.197. The molecule has 4 rings (SSSR count). The van der Waals surface area contributed by atoms with Gasteiger partial charge in [0.2, 0.25) is 21.8 Å². The number of rotatable bonds is 9. The lowest BCUT2D eigenvalue weighted by Crippen LogP contribution is -2.24. The maximum atomic E-state index is 13.0. The van der Waals surface area contributed by atoms with E-state index in [-0.39, 0.29) is 17.5 Å². The Morgan fingerprint density at radius 2 is 1.83 bits per heavy atom. The largest absolute Gasteiger partial charge is 0.494 e. The van der Waals surface area contributed by atoms with E-state index in [0.29, 0.717) is 33.2 Å². The fourth-order valence-corrected chi connectivity index (χ4v) is 4.70. The number of para-hydroxylation sites is 1. The summed E-state index contributed by atoms with van der Waals surface area (Å²) in [6.07, 6.45) is 0.103. The van der Waals surface area contributed by atoms with Crippen LogP contribution in [0.3, 0.4) is 0 Å². The van der Waals surface area contributed by atoms with Crippen LogP contribution < -0.4 is 14.2 Å². The molecule has 13 heteroatoms. The van der Waals surface area contributed by atoms with Crippen LogP contribution in [-0.2, 0) is 10.0 Å². The molecule has 0 saturated carbocycles. The first-order valence-corrected chi connectivity index (χ1v) is 12.7. The number of nitrogens with one attached hydrogen (secondary N) is 1. The van der Waals surface area contributed by atoms with Crippen LogP contribution in [0, 0.1) is 6.92 Å². The van der Waals surface area contributed by atoms with E-state index in [1.165, 1.54) is 31.0 Å². The third-order valence-electron chi connectivity index (χ3n) is 4.96. The fraction of sp³-hybridized carbons (Fsp3) is 0.227. The van der Waals surface area contributed by atoms with Crippen LogP contribution >= 0.6 is 15.9 Å².